The molecule has 0 unspecified atom stereocenters. The first-order valence-corrected chi connectivity index (χ1v) is 15.4. The molecular weight excluding hydrogens is 524 g/mol. The topological polar surface area (TPSA) is 141 Å². The number of benzene rings is 2. The number of halogens is 1. The molecule has 2 aromatic carbocycles. The molecule has 0 saturated carbocycles. The number of hydrogen-bond acceptors (Lipinski definition) is 10. The summed E-state index contributed by atoms with van der Waals surface area (Å²) in [6.07, 6.45) is 2.39. The van der Waals surface area contributed by atoms with Crippen LogP contribution in [0.15, 0.2) is 56.2 Å². The third kappa shape index (κ3) is 8.10. The maximum atomic E-state index is 11.7. The Morgan fingerprint density at radius 3 is 1.72 bits per heavy atom. The maximum absolute atomic E-state index is 11.7. The molecule has 4 N–H and O–H groups in total. The summed E-state index contributed by atoms with van der Waals surface area (Å²) in [7, 11) is -6.50. The molecule has 0 atom stereocenters. The van der Waals surface area contributed by atoms with E-state index in [4.69, 9.17) is 11.6 Å². The number of hydrogen-bond donors (Lipinski definition) is 4. The Bertz CT molecular complexity index is 1270. The van der Waals surface area contributed by atoms with Crippen molar-refractivity contribution < 1.29 is 16.8 Å². The zero-order valence-corrected chi connectivity index (χ0v) is 22.8. The highest BCUT2D eigenvalue weighted by Gasteiger charge is 2.15. The van der Waals surface area contributed by atoms with Gasteiger partial charge in [-0.3, -0.25) is 9.98 Å². The molecule has 10 nitrogen and oxygen atoms in total. The molecule has 0 aromatic heterocycles. The van der Waals surface area contributed by atoms with Crippen LogP contribution >= 0.6 is 11.6 Å². The van der Waals surface area contributed by atoms with Crippen molar-refractivity contribution in [3.05, 3.63) is 47.0 Å². The van der Waals surface area contributed by atoms with Crippen LogP contribution in [0.2, 0.25) is 5.02 Å². The van der Waals surface area contributed by atoms with E-state index in [1.54, 1.807) is 24.3 Å². The molecule has 2 heterocycles. The van der Waals surface area contributed by atoms with E-state index in [0.717, 1.165) is 43.4 Å². The second-order valence-corrected chi connectivity index (χ2v) is 12.8. The molecule has 0 aliphatic carbocycles. The smallest absolute Gasteiger partial charge is 0.177 e. The fraction of sp³-hybridized carbons (Fsp3) is 0.391. The van der Waals surface area contributed by atoms with Crippen molar-refractivity contribution in [1.29, 1.82) is 0 Å². The summed E-state index contributed by atoms with van der Waals surface area (Å²) in [4.78, 5) is 9.05. The first-order chi connectivity index (χ1) is 16.9. The molecule has 0 bridgehead atoms. The van der Waals surface area contributed by atoms with E-state index in [-0.39, 0.29) is 4.90 Å². The van der Waals surface area contributed by atoms with Gasteiger partial charge in [0, 0.05) is 30.6 Å². The molecule has 4 rings (SSSR count). The van der Waals surface area contributed by atoms with Gasteiger partial charge < -0.3 is 21.3 Å². The van der Waals surface area contributed by atoms with Crippen molar-refractivity contribution in [3.8, 4) is 0 Å². The van der Waals surface area contributed by atoms with Crippen LogP contribution in [0.4, 0.5) is 11.4 Å². The van der Waals surface area contributed by atoms with E-state index in [1.807, 2.05) is 13.0 Å². The summed E-state index contributed by atoms with van der Waals surface area (Å²) < 4.78 is 46.6. The van der Waals surface area contributed by atoms with Crippen molar-refractivity contribution in [2.24, 2.45) is 9.98 Å². The first kappa shape index (κ1) is 27.8. The predicted octanol–water partition coefficient (Wildman–Crippen LogP) is 1.97. The Hall–Kier alpha value is -2.83. The molecule has 0 fully saturated rings. The van der Waals surface area contributed by atoms with E-state index < -0.39 is 19.7 Å². The quantitative estimate of drug-likeness (QED) is 0.388. The van der Waals surface area contributed by atoms with Crippen LogP contribution < -0.4 is 21.3 Å². The average Bonchev–Trinajstić information content (AvgIpc) is 3.49. The van der Waals surface area contributed by atoms with Crippen LogP contribution in [-0.2, 0) is 19.7 Å². The highest BCUT2D eigenvalue weighted by atomic mass is 35.5. The van der Waals surface area contributed by atoms with Gasteiger partial charge in [0.15, 0.2) is 19.7 Å². The molecular formula is C23H31ClN6O4S2. The molecule has 0 amide bonds. The van der Waals surface area contributed by atoms with E-state index >= 15 is 0 Å². The van der Waals surface area contributed by atoms with Gasteiger partial charge in [0.2, 0.25) is 0 Å². The summed E-state index contributed by atoms with van der Waals surface area (Å²) in [5.74, 6) is 1.70. The highest BCUT2D eigenvalue weighted by molar-refractivity contribution is 7.91. The predicted molar refractivity (Wildman–Crippen MR) is 146 cm³/mol. The Labute approximate surface area is 217 Å². The molecule has 0 radical (unpaired) electrons. The summed E-state index contributed by atoms with van der Waals surface area (Å²) >= 11 is 5.88. The number of sulfone groups is 2. The minimum atomic E-state index is -3.28. The number of anilines is 2. The number of amidine groups is 2. The molecule has 2 aliphatic rings. The van der Waals surface area contributed by atoms with Crippen molar-refractivity contribution in [3.63, 3.8) is 0 Å². The molecule has 196 valence electrons. The van der Waals surface area contributed by atoms with Gasteiger partial charge in [-0.15, -0.1) is 0 Å². The number of nitrogens with one attached hydrogen (secondary N) is 4. The summed E-state index contributed by atoms with van der Waals surface area (Å²) in [6.45, 7) is 6.13. The molecule has 36 heavy (non-hydrogen) atoms. The largest absolute Gasteiger partial charge is 0.377 e. The number of aliphatic imine (C=N–C) groups is 2. The summed E-state index contributed by atoms with van der Waals surface area (Å²) in [5.41, 5.74) is 2.15. The summed E-state index contributed by atoms with van der Waals surface area (Å²) in [5, 5.41) is 12.9. The Kier molecular flexibility index (Phi) is 9.20. The molecule has 2 aliphatic heterocycles. The maximum Gasteiger partial charge on any atom is 0.177 e. The zero-order valence-electron chi connectivity index (χ0n) is 20.4. The fourth-order valence-corrected chi connectivity index (χ4v) is 5.42. The van der Waals surface area contributed by atoms with Crippen LogP contribution in [0.1, 0.15) is 5.56 Å². The van der Waals surface area contributed by atoms with E-state index in [9.17, 15) is 16.8 Å². The van der Waals surface area contributed by atoms with Gasteiger partial charge in [-0.25, -0.2) is 16.8 Å². The van der Waals surface area contributed by atoms with Crippen LogP contribution in [0, 0.1) is 6.92 Å². The number of rotatable bonds is 8. The molecule has 2 aromatic rings. The normalized spacial score (nSPS) is 15.1. The van der Waals surface area contributed by atoms with Gasteiger partial charge in [-0.05, 0) is 42.8 Å². The van der Waals surface area contributed by atoms with Gasteiger partial charge in [-0.2, -0.15) is 0 Å². The minimum absolute atomic E-state index is 0.241. The standard InChI is InChI=1S/C12H17N3O2S.C11H14ClN3O2S/c1-9-3-4-11(18(2,16)17)10(7-9)15-8-12-13-5-6-14-12;1-18(16,17)10-3-2-8(12)6-9(10)15-7-11-13-4-5-14-11/h3-4,7,15H,5-6,8H2,1-2H3,(H,13,14);2-3,6,15H,4-5,7H2,1H3,(H,13,14). The molecule has 0 spiro atoms. The lowest BCUT2D eigenvalue weighted by Crippen LogP contribution is -2.26. The third-order valence-corrected chi connectivity index (χ3v) is 7.80. The second kappa shape index (κ2) is 11.9. The first-order valence-electron chi connectivity index (χ1n) is 11.3. The third-order valence-electron chi connectivity index (χ3n) is 5.26. The van der Waals surface area contributed by atoms with Gasteiger partial charge in [0.1, 0.15) is 11.7 Å². The summed E-state index contributed by atoms with van der Waals surface area (Å²) in [6, 6.07) is 9.95. The second-order valence-electron chi connectivity index (χ2n) is 8.40. The van der Waals surface area contributed by atoms with Gasteiger partial charge in [0.05, 0.1) is 47.3 Å². The van der Waals surface area contributed by atoms with Crippen LogP contribution in [0.5, 0.6) is 0 Å². The zero-order chi connectivity index (χ0) is 26.3. The fourth-order valence-electron chi connectivity index (χ4n) is 3.56. The Morgan fingerprint density at radius 1 is 0.806 bits per heavy atom. The lowest BCUT2D eigenvalue weighted by Gasteiger charge is -2.12. The molecule has 13 heteroatoms. The van der Waals surface area contributed by atoms with Crippen LogP contribution in [0.3, 0.4) is 0 Å². The van der Waals surface area contributed by atoms with E-state index in [0.29, 0.717) is 34.4 Å². The van der Waals surface area contributed by atoms with Crippen molar-refractivity contribution in [1.82, 2.24) is 10.6 Å². The monoisotopic (exact) mass is 554 g/mol. The lowest BCUT2D eigenvalue weighted by atomic mass is 10.2. The van der Waals surface area contributed by atoms with Gasteiger partial charge in [-0.1, -0.05) is 17.7 Å². The van der Waals surface area contributed by atoms with Gasteiger partial charge in [0.25, 0.3) is 0 Å². The minimum Gasteiger partial charge on any atom is -0.377 e. The SMILES string of the molecule is CS(=O)(=O)c1ccc(Cl)cc1NCC1=NCCN1.Cc1ccc(S(C)(=O)=O)c(NCC2=NCCN2)c1. The van der Waals surface area contributed by atoms with Crippen molar-refractivity contribution in [2.75, 3.05) is 62.4 Å². The van der Waals surface area contributed by atoms with Crippen LogP contribution in [-0.4, -0.2) is 80.3 Å². The van der Waals surface area contributed by atoms with Gasteiger partial charge >= 0.3 is 0 Å². The highest BCUT2D eigenvalue weighted by Crippen LogP contribution is 2.25. The average molecular weight is 555 g/mol. The Balaban J connectivity index is 0.000000201. The van der Waals surface area contributed by atoms with Crippen molar-refractivity contribution >= 4 is 54.3 Å². The van der Waals surface area contributed by atoms with Crippen molar-refractivity contribution in [2.45, 2.75) is 16.7 Å². The number of nitrogens with zero attached hydrogens (tertiary/aromatic N) is 2. The number of aryl methyl sites for hydroxylation is 1. The Morgan fingerprint density at radius 2 is 1.28 bits per heavy atom. The molecule has 0 saturated heterocycles. The van der Waals surface area contributed by atoms with E-state index in [2.05, 4.69) is 31.3 Å². The van der Waals surface area contributed by atoms with Crippen LogP contribution in [0.25, 0.3) is 0 Å². The lowest BCUT2D eigenvalue weighted by molar-refractivity contribution is 0.600. The van der Waals surface area contributed by atoms with E-state index in [1.165, 1.54) is 18.6 Å².